The number of carbonyl (C=O) groups is 1. The average Bonchev–Trinajstić information content (AvgIpc) is 2.40. The number of hydrogen-bond donors (Lipinski definition) is 0. The molecule has 0 bridgehead atoms. The van der Waals surface area contributed by atoms with Gasteiger partial charge < -0.3 is 0 Å². The van der Waals surface area contributed by atoms with Gasteiger partial charge in [0.25, 0.3) is 0 Å². The van der Waals surface area contributed by atoms with Crippen LogP contribution in [0.3, 0.4) is 0 Å². The second-order valence-electron chi connectivity index (χ2n) is 3.64. The second kappa shape index (κ2) is 5.68. The number of alkyl halides is 1. The number of halogens is 1. The molecule has 1 heterocycles. The van der Waals surface area contributed by atoms with Gasteiger partial charge >= 0.3 is 0 Å². The van der Waals surface area contributed by atoms with Crippen LogP contribution in [-0.2, 0) is 11.9 Å². The minimum atomic E-state index is 0.0994. The Morgan fingerprint density at radius 1 is 1.29 bits per heavy atom. The van der Waals surface area contributed by atoms with E-state index in [1.165, 1.54) is 0 Å². The van der Waals surface area contributed by atoms with Crippen molar-refractivity contribution in [3.05, 3.63) is 60.2 Å². The zero-order valence-electron chi connectivity index (χ0n) is 9.21. The molecule has 2 aromatic rings. The third-order valence-electron chi connectivity index (χ3n) is 2.37. The zero-order chi connectivity index (χ0) is 12.1. The quantitative estimate of drug-likeness (QED) is 0.491. The van der Waals surface area contributed by atoms with Crippen molar-refractivity contribution >= 4 is 21.7 Å². The summed E-state index contributed by atoms with van der Waals surface area (Å²) in [4.78, 5) is 16.1. The summed E-state index contributed by atoms with van der Waals surface area (Å²) in [5, 5.41) is 0.688. The normalized spacial score (nSPS) is 10.2. The van der Waals surface area contributed by atoms with Crippen LogP contribution in [0.1, 0.15) is 16.1 Å². The van der Waals surface area contributed by atoms with Crippen LogP contribution in [-0.4, -0.2) is 10.8 Å². The smallest absolute Gasteiger partial charge is 0.227 e. The number of aromatic nitrogens is 2. The Balaban J connectivity index is 2.13. The number of carbonyl (C=O) groups excluding carboxylic acids is 1. The van der Waals surface area contributed by atoms with Gasteiger partial charge in [0, 0.05) is 5.56 Å². The Morgan fingerprint density at radius 2 is 2.06 bits per heavy atom. The molecule has 1 aromatic carbocycles. The molecule has 1 aromatic heterocycles. The molecular formula is C13H12BrN2O+. The highest BCUT2D eigenvalue weighted by Crippen LogP contribution is 2.00. The van der Waals surface area contributed by atoms with Crippen molar-refractivity contribution in [1.29, 1.82) is 0 Å². The maximum atomic E-state index is 12.0. The van der Waals surface area contributed by atoms with Gasteiger partial charge in [-0.15, -0.1) is 0 Å². The van der Waals surface area contributed by atoms with Crippen molar-refractivity contribution in [1.82, 2.24) is 4.98 Å². The Hall–Kier alpha value is -1.55. The molecule has 0 unspecified atom stereocenters. The highest BCUT2D eigenvalue weighted by Gasteiger charge is 2.12. The standard InChI is InChI=1S/C13H12BrN2O/c14-8-12-9-16(7-6-15-12)10-13(17)11-4-2-1-3-5-11/h1-7,9H,8,10H2/q+1. The van der Waals surface area contributed by atoms with Crippen LogP contribution < -0.4 is 4.57 Å². The summed E-state index contributed by atoms with van der Waals surface area (Å²) >= 11 is 3.34. The lowest BCUT2D eigenvalue weighted by atomic mass is 10.1. The Bertz CT molecular complexity index is 514. The zero-order valence-corrected chi connectivity index (χ0v) is 10.8. The maximum Gasteiger partial charge on any atom is 0.227 e. The van der Waals surface area contributed by atoms with Gasteiger partial charge in [-0.2, -0.15) is 4.57 Å². The van der Waals surface area contributed by atoms with Crippen LogP contribution in [0, 0.1) is 0 Å². The van der Waals surface area contributed by atoms with Crippen LogP contribution in [0.2, 0.25) is 0 Å². The van der Waals surface area contributed by atoms with E-state index in [1.54, 1.807) is 12.4 Å². The van der Waals surface area contributed by atoms with Crippen molar-refractivity contribution in [3.8, 4) is 0 Å². The Labute approximate surface area is 108 Å². The van der Waals surface area contributed by atoms with E-state index in [-0.39, 0.29) is 5.78 Å². The van der Waals surface area contributed by atoms with Gasteiger partial charge in [0.1, 0.15) is 5.69 Å². The first-order valence-electron chi connectivity index (χ1n) is 5.28. The molecule has 0 saturated heterocycles. The molecule has 0 radical (unpaired) electrons. The molecule has 0 aliphatic carbocycles. The molecule has 0 atom stereocenters. The number of nitrogens with zero attached hydrogens (tertiary/aromatic N) is 2. The van der Waals surface area contributed by atoms with Gasteiger partial charge in [0.2, 0.25) is 12.3 Å². The number of rotatable bonds is 4. The lowest BCUT2D eigenvalue weighted by Crippen LogP contribution is -2.37. The molecule has 0 aliphatic rings. The van der Waals surface area contributed by atoms with E-state index >= 15 is 0 Å². The minimum absolute atomic E-state index is 0.0994. The molecule has 4 heteroatoms. The van der Waals surface area contributed by atoms with Crippen LogP contribution in [0.25, 0.3) is 0 Å². The molecule has 3 nitrogen and oxygen atoms in total. The highest BCUT2D eigenvalue weighted by molar-refractivity contribution is 9.08. The Morgan fingerprint density at radius 3 is 2.76 bits per heavy atom. The Kier molecular flexibility index (Phi) is 3.98. The molecule has 86 valence electrons. The lowest BCUT2D eigenvalue weighted by molar-refractivity contribution is -0.684. The van der Waals surface area contributed by atoms with Gasteiger partial charge in [-0.05, 0) is 0 Å². The van der Waals surface area contributed by atoms with Crippen LogP contribution in [0.5, 0.6) is 0 Å². The summed E-state index contributed by atoms with van der Waals surface area (Å²) in [6.45, 7) is 0.340. The van der Waals surface area contributed by atoms with Crippen molar-refractivity contribution < 1.29 is 9.36 Å². The fourth-order valence-corrected chi connectivity index (χ4v) is 1.82. The SMILES string of the molecule is O=C(C[n+]1ccnc(CBr)c1)c1ccccc1. The van der Waals surface area contributed by atoms with E-state index in [4.69, 9.17) is 0 Å². The highest BCUT2D eigenvalue weighted by atomic mass is 79.9. The predicted molar refractivity (Wildman–Crippen MR) is 67.8 cm³/mol. The van der Waals surface area contributed by atoms with Crippen molar-refractivity contribution in [2.45, 2.75) is 11.9 Å². The molecule has 0 amide bonds. The van der Waals surface area contributed by atoms with Gasteiger partial charge in [0.15, 0.2) is 12.4 Å². The third-order valence-corrected chi connectivity index (χ3v) is 2.95. The molecule has 17 heavy (non-hydrogen) atoms. The van der Waals surface area contributed by atoms with Crippen LogP contribution >= 0.6 is 15.9 Å². The van der Waals surface area contributed by atoms with Crippen LogP contribution in [0.4, 0.5) is 0 Å². The van der Waals surface area contributed by atoms with E-state index in [1.807, 2.05) is 41.1 Å². The molecule has 0 aliphatic heterocycles. The fraction of sp³-hybridized carbons (Fsp3) is 0.154. The summed E-state index contributed by atoms with van der Waals surface area (Å²) in [6.07, 6.45) is 5.37. The topological polar surface area (TPSA) is 33.8 Å². The van der Waals surface area contributed by atoms with E-state index in [0.29, 0.717) is 11.9 Å². The van der Waals surface area contributed by atoms with E-state index in [2.05, 4.69) is 20.9 Å². The van der Waals surface area contributed by atoms with E-state index in [9.17, 15) is 4.79 Å². The summed E-state index contributed by atoms with van der Waals surface area (Å²) < 4.78 is 1.85. The largest absolute Gasteiger partial charge is 0.287 e. The number of ketones is 1. The maximum absolute atomic E-state index is 12.0. The second-order valence-corrected chi connectivity index (χ2v) is 4.20. The number of benzene rings is 1. The minimum Gasteiger partial charge on any atom is -0.287 e. The first-order chi connectivity index (χ1) is 8.29. The average molecular weight is 292 g/mol. The van der Waals surface area contributed by atoms with Gasteiger partial charge in [-0.25, -0.2) is 4.98 Å². The third kappa shape index (κ3) is 3.20. The molecule has 2 rings (SSSR count). The van der Waals surface area contributed by atoms with Gasteiger partial charge in [-0.3, -0.25) is 4.79 Å². The van der Waals surface area contributed by atoms with E-state index in [0.717, 1.165) is 11.3 Å². The molecule has 0 spiro atoms. The molecular weight excluding hydrogens is 280 g/mol. The first-order valence-corrected chi connectivity index (χ1v) is 6.40. The monoisotopic (exact) mass is 291 g/mol. The number of hydrogen-bond acceptors (Lipinski definition) is 2. The molecule has 0 saturated carbocycles. The first kappa shape index (κ1) is 11.9. The van der Waals surface area contributed by atoms with Gasteiger partial charge in [0.05, 0.1) is 11.5 Å². The molecule has 0 fully saturated rings. The van der Waals surface area contributed by atoms with Gasteiger partial charge in [-0.1, -0.05) is 46.3 Å². The summed E-state index contributed by atoms with van der Waals surface area (Å²) in [7, 11) is 0. The van der Waals surface area contributed by atoms with Crippen molar-refractivity contribution in [2.24, 2.45) is 0 Å². The molecule has 0 N–H and O–H groups in total. The lowest BCUT2D eigenvalue weighted by Gasteiger charge is -1.98. The summed E-state index contributed by atoms with van der Waals surface area (Å²) in [5.74, 6) is 0.0994. The summed E-state index contributed by atoms with van der Waals surface area (Å²) in [5.41, 5.74) is 1.64. The fourth-order valence-electron chi connectivity index (χ4n) is 1.53. The van der Waals surface area contributed by atoms with Crippen molar-refractivity contribution in [3.63, 3.8) is 0 Å². The van der Waals surface area contributed by atoms with Crippen molar-refractivity contribution in [2.75, 3.05) is 0 Å². The predicted octanol–water partition coefficient (Wildman–Crippen LogP) is 2.15. The van der Waals surface area contributed by atoms with E-state index < -0.39 is 0 Å². The van der Waals surface area contributed by atoms with Crippen LogP contribution in [0.15, 0.2) is 48.9 Å². The number of Topliss-reactive ketones (excluding diaryl/α,β-unsaturated/α-hetero) is 1. The summed E-state index contributed by atoms with van der Waals surface area (Å²) in [6, 6.07) is 9.30.